The molecule has 1 atom stereocenters. The molecule has 0 aliphatic heterocycles. The highest BCUT2D eigenvalue weighted by molar-refractivity contribution is 4.85. The molecule has 1 saturated carbocycles. The number of hydrogen-bond acceptors (Lipinski definition) is 2. The van der Waals surface area contributed by atoms with E-state index in [0.717, 1.165) is 18.9 Å². The molecule has 2 nitrogen and oxygen atoms in total. The molecular formula is C10H22N2. The highest BCUT2D eigenvalue weighted by Gasteiger charge is 2.28. The van der Waals surface area contributed by atoms with E-state index in [0.29, 0.717) is 6.04 Å². The van der Waals surface area contributed by atoms with E-state index < -0.39 is 0 Å². The molecule has 0 radical (unpaired) electrons. The molecule has 0 spiro atoms. The van der Waals surface area contributed by atoms with Crippen molar-refractivity contribution in [1.82, 2.24) is 0 Å². The van der Waals surface area contributed by atoms with Crippen LogP contribution in [0, 0.1) is 11.3 Å². The third-order valence-electron chi connectivity index (χ3n) is 3.10. The van der Waals surface area contributed by atoms with Gasteiger partial charge in [-0.05, 0) is 37.1 Å². The Kier molecular flexibility index (Phi) is 3.13. The predicted molar refractivity (Wildman–Crippen MR) is 52.8 cm³/mol. The van der Waals surface area contributed by atoms with Crippen LogP contribution in [0.1, 0.15) is 39.5 Å². The highest BCUT2D eigenvalue weighted by Crippen LogP contribution is 2.33. The summed E-state index contributed by atoms with van der Waals surface area (Å²) in [4.78, 5) is 0. The molecule has 72 valence electrons. The van der Waals surface area contributed by atoms with E-state index in [1.807, 2.05) is 0 Å². The van der Waals surface area contributed by atoms with Crippen LogP contribution >= 0.6 is 0 Å². The van der Waals surface area contributed by atoms with Gasteiger partial charge in [-0.2, -0.15) is 0 Å². The van der Waals surface area contributed by atoms with Crippen molar-refractivity contribution >= 4 is 0 Å². The summed E-state index contributed by atoms with van der Waals surface area (Å²) in [5, 5.41) is 0. The van der Waals surface area contributed by atoms with Crippen LogP contribution in [-0.2, 0) is 0 Å². The molecule has 2 heteroatoms. The topological polar surface area (TPSA) is 52.0 Å². The maximum atomic E-state index is 6.09. The van der Waals surface area contributed by atoms with Gasteiger partial charge < -0.3 is 11.5 Å². The molecule has 1 fully saturated rings. The monoisotopic (exact) mass is 170 g/mol. The first-order chi connectivity index (χ1) is 5.55. The van der Waals surface area contributed by atoms with Gasteiger partial charge in [0.25, 0.3) is 0 Å². The smallest absolute Gasteiger partial charge is 0.00727 e. The summed E-state index contributed by atoms with van der Waals surface area (Å²) >= 11 is 0. The van der Waals surface area contributed by atoms with Gasteiger partial charge in [-0.3, -0.25) is 0 Å². The molecule has 1 unspecified atom stereocenters. The Morgan fingerprint density at radius 1 is 1.42 bits per heavy atom. The van der Waals surface area contributed by atoms with E-state index >= 15 is 0 Å². The minimum absolute atomic E-state index is 0.231. The lowest BCUT2D eigenvalue weighted by atomic mass is 9.74. The standard InChI is InChI=1S/C10H22N2/c1-10(2,7-11)6-9(12)8-4-3-5-8/h8-9H,3-7,11-12H2,1-2H3. The van der Waals surface area contributed by atoms with Crippen molar-refractivity contribution in [3.8, 4) is 0 Å². The fraction of sp³-hybridized carbons (Fsp3) is 1.00. The van der Waals surface area contributed by atoms with E-state index in [1.165, 1.54) is 19.3 Å². The minimum atomic E-state index is 0.231. The maximum Gasteiger partial charge on any atom is 0.00727 e. The molecule has 0 amide bonds. The Balaban J connectivity index is 2.28. The SMILES string of the molecule is CC(C)(CN)CC(N)C1CCC1. The lowest BCUT2D eigenvalue weighted by Gasteiger charge is -2.35. The molecule has 12 heavy (non-hydrogen) atoms. The van der Waals surface area contributed by atoms with E-state index in [9.17, 15) is 0 Å². The average molecular weight is 170 g/mol. The van der Waals surface area contributed by atoms with Gasteiger partial charge in [0.05, 0.1) is 0 Å². The summed E-state index contributed by atoms with van der Waals surface area (Å²) in [6.07, 6.45) is 5.12. The molecule has 0 heterocycles. The van der Waals surface area contributed by atoms with Crippen molar-refractivity contribution in [2.75, 3.05) is 6.54 Å². The van der Waals surface area contributed by atoms with Crippen molar-refractivity contribution in [1.29, 1.82) is 0 Å². The number of nitrogens with two attached hydrogens (primary N) is 2. The summed E-state index contributed by atoms with van der Waals surface area (Å²) in [5.74, 6) is 0.788. The van der Waals surface area contributed by atoms with Gasteiger partial charge in [0.15, 0.2) is 0 Å². The Hall–Kier alpha value is -0.0800. The van der Waals surface area contributed by atoms with Crippen molar-refractivity contribution < 1.29 is 0 Å². The molecule has 0 aromatic heterocycles. The van der Waals surface area contributed by atoms with Crippen LogP contribution in [0.4, 0.5) is 0 Å². The quantitative estimate of drug-likeness (QED) is 0.671. The first-order valence-electron chi connectivity index (χ1n) is 5.01. The third kappa shape index (κ3) is 2.46. The molecule has 0 saturated heterocycles. The van der Waals surface area contributed by atoms with E-state index in [4.69, 9.17) is 11.5 Å². The van der Waals surface area contributed by atoms with Crippen LogP contribution < -0.4 is 11.5 Å². The van der Waals surface area contributed by atoms with Crippen molar-refractivity contribution in [2.24, 2.45) is 22.8 Å². The van der Waals surface area contributed by atoms with Crippen LogP contribution in [0.25, 0.3) is 0 Å². The van der Waals surface area contributed by atoms with Gasteiger partial charge in [0, 0.05) is 6.04 Å². The minimum Gasteiger partial charge on any atom is -0.330 e. The normalized spacial score (nSPS) is 22.0. The summed E-state index contributed by atoms with van der Waals surface area (Å²) in [6.45, 7) is 5.14. The summed E-state index contributed by atoms with van der Waals surface area (Å²) in [6, 6.07) is 0.386. The van der Waals surface area contributed by atoms with E-state index in [-0.39, 0.29) is 5.41 Å². The van der Waals surface area contributed by atoms with Crippen LogP contribution in [0.2, 0.25) is 0 Å². The van der Waals surface area contributed by atoms with Gasteiger partial charge in [0.2, 0.25) is 0 Å². The molecule has 1 aliphatic rings. The number of hydrogen-bond donors (Lipinski definition) is 2. The zero-order chi connectivity index (χ0) is 9.19. The highest BCUT2D eigenvalue weighted by atomic mass is 14.7. The van der Waals surface area contributed by atoms with Crippen molar-refractivity contribution in [2.45, 2.75) is 45.6 Å². The second kappa shape index (κ2) is 3.75. The van der Waals surface area contributed by atoms with Gasteiger partial charge in [-0.15, -0.1) is 0 Å². The van der Waals surface area contributed by atoms with Crippen LogP contribution in [-0.4, -0.2) is 12.6 Å². The summed E-state index contributed by atoms with van der Waals surface area (Å²) < 4.78 is 0. The largest absolute Gasteiger partial charge is 0.330 e. The van der Waals surface area contributed by atoms with Gasteiger partial charge in [0.1, 0.15) is 0 Å². The lowest BCUT2D eigenvalue weighted by Crippen LogP contribution is -2.40. The molecular weight excluding hydrogens is 148 g/mol. The zero-order valence-corrected chi connectivity index (χ0v) is 8.34. The Bertz CT molecular complexity index is 139. The fourth-order valence-corrected chi connectivity index (χ4v) is 1.76. The average Bonchev–Trinajstić information content (AvgIpc) is 1.82. The Morgan fingerprint density at radius 2 is 2.00 bits per heavy atom. The third-order valence-corrected chi connectivity index (χ3v) is 3.10. The molecule has 0 bridgehead atoms. The summed E-state index contributed by atoms with van der Waals surface area (Å²) in [5.41, 5.74) is 12.0. The van der Waals surface area contributed by atoms with Crippen LogP contribution in [0.3, 0.4) is 0 Å². The van der Waals surface area contributed by atoms with E-state index in [2.05, 4.69) is 13.8 Å². The Labute approximate surface area is 75.7 Å². The second-order valence-electron chi connectivity index (χ2n) is 4.93. The second-order valence-corrected chi connectivity index (χ2v) is 4.93. The molecule has 1 rings (SSSR count). The molecule has 1 aliphatic carbocycles. The Morgan fingerprint density at radius 3 is 2.33 bits per heavy atom. The predicted octanol–water partition coefficient (Wildman–Crippen LogP) is 1.49. The maximum absolute atomic E-state index is 6.09. The first-order valence-corrected chi connectivity index (χ1v) is 5.01. The zero-order valence-electron chi connectivity index (χ0n) is 8.34. The van der Waals surface area contributed by atoms with Gasteiger partial charge >= 0.3 is 0 Å². The molecule has 4 N–H and O–H groups in total. The van der Waals surface area contributed by atoms with Gasteiger partial charge in [-0.1, -0.05) is 20.3 Å². The molecule has 0 aromatic carbocycles. The van der Waals surface area contributed by atoms with Gasteiger partial charge in [-0.25, -0.2) is 0 Å². The summed E-state index contributed by atoms with van der Waals surface area (Å²) in [7, 11) is 0. The fourth-order valence-electron chi connectivity index (χ4n) is 1.76. The van der Waals surface area contributed by atoms with Crippen LogP contribution in [0.15, 0.2) is 0 Å². The van der Waals surface area contributed by atoms with E-state index in [1.54, 1.807) is 0 Å². The first kappa shape index (κ1) is 10.0. The van der Waals surface area contributed by atoms with Crippen molar-refractivity contribution in [3.05, 3.63) is 0 Å². The lowest BCUT2D eigenvalue weighted by molar-refractivity contribution is 0.201. The molecule has 0 aromatic rings. The number of rotatable bonds is 4. The van der Waals surface area contributed by atoms with Crippen LogP contribution in [0.5, 0.6) is 0 Å². The van der Waals surface area contributed by atoms with Crippen molar-refractivity contribution in [3.63, 3.8) is 0 Å².